The maximum absolute atomic E-state index is 14.5. The quantitative estimate of drug-likeness (QED) is 0.157. The number of unbranched alkanes of at least 4 members (excludes halogenated alkanes) is 9. The van der Waals surface area contributed by atoms with Crippen molar-refractivity contribution < 1.29 is 13.8 Å². The van der Waals surface area contributed by atoms with E-state index in [-0.39, 0.29) is 11.5 Å². The lowest BCUT2D eigenvalue weighted by Gasteiger charge is -2.39. The first kappa shape index (κ1) is 32.6. The largest absolute Gasteiger partial charge is 0.393 e. The van der Waals surface area contributed by atoms with Crippen molar-refractivity contribution in [2.45, 2.75) is 131 Å². The molecule has 0 bridgehead atoms. The van der Waals surface area contributed by atoms with Crippen LogP contribution in [0.4, 0.5) is 0 Å². The Hall–Kier alpha value is -0.620. The molecular weight excluding hydrogens is 483 g/mol. The maximum Gasteiger partial charge on any atom is 0.393 e. The van der Waals surface area contributed by atoms with E-state index in [4.69, 9.17) is 14.0 Å². The van der Waals surface area contributed by atoms with E-state index in [0.717, 1.165) is 38.4 Å². The van der Waals surface area contributed by atoms with E-state index < -0.39 is 13.3 Å². The lowest BCUT2D eigenvalue weighted by Crippen LogP contribution is -2.43. The van der Waals surface area contributed by atoms with Crippen molar-refractivity contribution in [2.75, 3.05) is 46.4 Å². The molecule has 0 aromatic heterocycles. The van der Waals surface area contributed by atoms with Crippen LogP contribution in [0.15, 0.2) is 4.76 Å². The van der Waals surface area contributed by atoms with Crippen LogP contribution < -0.4 is 0 Å². The Morgan fingerprint density at radius 1 is 0.919 bits per heavy atom. The number of likely N-dealkylation sites (N-methyl/N-ethyl adjacent to an activating group) is 1. The summed E-state index contributed by atoms with van der Waals surface area (Å²) in [7, 11) is -1.39. The van der Waals surface area contributed by atoms with Gasteiger partial charge in [0.2, 0.25) is 5.96 Å². The Bertz CT molecular complexity index is 732. The Morgan fingerprint density at radius 3 is 2.08 bits per heavy atom. The number of rotatable bonds is 15. The number of ether oxygens (including phenoxy) is 1. The molecule has 218 valence electrons. The van der Waals surface area contributed by atoms with Crippen molar-refractivity contribution in [1.82, 2.24) is 14.5 Å². The van der Waals surface area contributed by atoms with Crippen molar-refractivity contribution in [3.05, 3.63) is 0 Å². The number of nitrogens with zero attached hydrogens (tertiary/aromatic N) is 4. The molecule has 8 heteroatoms. The van der Waals surface area contributed by atoms with E-state index in [2.05, 4.69) is 44.5 Å². The second kappa shape index (κ2) is 15.2. The van der Waals surface area contributed by atoms with Gasteiger partial charge in [0.15, 0.2) is 0 Å². The third kappa shape index (κ3) is 12.4. The fraction of sp³-hybridized carbons (Fsp3) is 0.966. The lowest BCUT2D eigenvalue weighted by atomic mass is 9.89. The summed E-state index contributed by atoms with van der Waals surface area (Å²) >= 11 is 0. The molecule has 2 aliphatic rings. The van der Waals surface area contributed by atoms with Gasteiger partial charge in [0.05, 0.1) is 18.3 Å². The number of morpholine rings is 1. The predicted octanol–water partition coefficient (Wildman–Crippen LogP) is 7.57. The molecule has 0 amide bonds. The summed E-state index contributed by atoms with van der Waals surface area (Å²) in [5.74, 6) is 0.822. The van der Waals surface area contributed by atoms with Crippen molar-refractivity contribution >= 4 is 13.6 Å². The van der Waals surface area contributed by atoms with E-state index in [1.54, 1.807) is 0 Å². The third-order valence-corrected chi connectivity index (χ3v) is 9.33. The van der Waals surface area contributed by atoms with Gasteiger partial charge in [-0.25, -0.2) is 9.24 Å². The van der Waals surface area contributed by atoms with E-state index in [1.807, 2.05) is 25.4 Å². The third-order valence-electron chi connectivity index (χ3n) is 7.03. The molecule has 0 spiro atoms. The monoisotopic (exact) mass is 542 g/mol. The van der Waals surface area contributed by atoms with Crippen LogP contribution in [0, 0.1) is 5.41 Å². The fourth-order valence-electron chi connectivity index (χ4n) is 5.20. The van der Waals surface area contributed by atoms with E-state index in [1.165, 1.54) is 57.8 Å². The first-order valence-electron chi connectivity index (χ1n) is 15.1. The Balaban J connectivity index is 1.99. The van der Waals surface area contributed by atoms with Crippen LogP contribution in [0.25, 0.3) is 0 Å². The number of guanidine groups is 1. The first-order valence-corrected chi connectivity index (χ1v) is 16.6. The van der Waals surface area contributed by atoms with Gasteiger partial charge in [0.25, 0.3) is 0 Å². The molecule has 0 N–H and O–H groups in total. The highest BCUT2D eigenvalue weighted by Crippen LogP contribution is 2.56. The van der Waals surface area contributed by atoms with Crippen LogP contribution in [-0.4, -0.2) is 78.5 Å². The Morgan fingerprint density at radius 2 is 1.51 bits per heavy atom. The minimum Gasteiger partial charge on any atom is -0.376 e. The van der Waals surface area contributed by atoms with Crippen molar-refractivity contribution in [3.63, 3.8) is 0 Å². The van der Waals surface area contributed by atoms with E-state index >= 15 is 0 Å². The summed E-state index contributed by atoms with van der Waals surface area (Å²) in [4.78, 5) is 4.46. The van der Waals surface area contributed by atoms with Crippen molar-refractivity contribution in [1.29, 1.82) is 0 Å². The molecule has 0 aliphatic carbocycles. The highest BCUT2D eigenvalue weighted by Gasteiger charge is 2.42. The molecule has 0 aromatic rings. The fourth-order valence-corrected chi connectivity index (χ4v) is 7.43. The maximum atomic E-state index is 14.5. The number of hydrogen-bond acceptors (Lipinski definition) is 3. The highest BCUT2D eigenvalue weighted by molar-refractivity contribution is 7.55. The second-order valence-corrected chi connectivity index (χ2v) is 15.3. The highest BCUT2D eigenvalue weighted by atomic mass is 31.2. The summed E-state index contributed by atoms with van der Waals surface area (Å²) in [5, 5.41) is 0. The smallest absolute Gasteiger partial charge is 0.376 e. The molecule has 2 heterocycles. The molecule has 2 aliphatic heterocycles. The molecule has 2 fully saturated rings. The predicted molar refractivity (Wildman–Crippen MR) is 157 cm³/mol. The lowest BCUT2D eigenvalue weighted by molar-refractivity contribution is -0.0291. The summed E-state index contributed by atoms with van der Waals surface area (Å²) in [6.07, 6.45) is 14.2. The second-order valence-electron chi connectivity index (χ2n) is 13.4. The first-order chi connectivity index (χ1) is 17.3. The van der Waals surface area contributed by atoms with Crippen LogP contribution in [-0.2, 0) is 13.8 Å². The van der Waals surface area contributed by atoms with Gasteiger partial charge >= 0.3 is 7.67 Å². The Labute approximate surface area is 229 Å². The van der Waals surface area contributed by atoms with Crippen LogP contribution in [0.3, 0.4) is 0 Å². The molecular formula is C29H59N4O3P. The molecule has 7 nitrogen and oxygen atoms in total. The van der Waals surface area contributed by atoms with Gasteiger partial charge < -0.3 is 14.5 Å². The summed E-state index contributed by atoms with van der Waals surface area (Å²) in [6, 6.07) is 0. The zero-order chi connectivity index (χ0) is 27.5. The van der Waals surface area contributed by atoms with Gasteiger partial charge in [-0.05, 0) is 39.0 Å². The molecule has 0 aromatic carbocycles. The standard InChI is InChI=1S/C29H59N4O3P/c1-9-10-11-12-13-14-15-16-17-18-19-32-21-20-31(8)27(32)30-37(34,36-29(5,6)7)33-22-23-35-26(25-33)24-28(2,3)4/h26H,9-25H2,1-8H3/b30-27-/t26-,37?/m0/s1. The van der Waals surface area contributed by atoms with Crippen LogP contribution >= 0.6 is 7.67 Å². The van der Waals surface area contributed by atoms with E-state index in [9.17, 15) is 4.57 Å². The van der Waals surface area contributed by atoms with Gasteiger partial charge in [-0.3, -0.25) is 4.52 Å². The van der Waals surface area contributed by atoms with Gasteiger partial charge in [0.1, 0.15) is 0 Å². The summed E-state index contributed by atoms with van der Waals surface area (Å²) < 4.78 is 33.7. The summed E-state index contributed by atoms with van der Waals surface area (Å²) in [5.41, 5.74) is -0.415. The van der Waals surface area contributed by atoms with Crippen molar-refractivity contribution in [2.24, 2.45) is 10.2 Å². The molecule has 0 saturated carbocycles. The molecule has 0 radical (unpaired) electrons. The molecule has 37 heavy (non-hydrogen) atoms. The van der Waals surface area contributed by atoms with Gasteiger partial charge in [-0.2, -0.15) is 4.76 Å². The average molecular weight is 543 g/mol. The SMILES string of the molecule is CCCCCCCCCCCCN1CCN(C)/C1=N/P(=O)(OC(C)(C)C)N1CCO[C@@H](CC(C)(C)C)C1. The Kier molecular flexibility index (Phi) is 13.4. The summed E-state index contributed by atoms with van der Waals surface area (Å²) in [6.45, 7) is 19.4. The van der Waals surface area contributed by atoms with Gasteiger partial charge in [0, 0.05) is 39.8 Å². The minimum atomic E-state index is -3.45. The van der Waals surface area contributed by atoms with Gasteiger partial charge in [-0.15, -0.1) is 0 Å². The zero-order valence-corrected chi connectivity index (χ0v) is 26.5. The van der Waals surface area contributed by atoms with Crippen molar-refractivity contribution in [3.8, 4) is 0 Å². The van der Waals surface area contributed by atoms with E-state index in [0.29, 0.717) is 19.7 Å². The minimum absolute atomic E-state index is 0.0369. The molecule has 2 atom stereocenters. The van der Waals surface area contributed by atoms with Crippen LogP contribution in [0.5, 0.6) is 0 Å². The molecule has 1 unspecified atom stereocenters. The average Bonchev–Trinajstić information content (AvgIpc) is 3.12. The van der Waals surface area contributed by atoms with Crippen LogP contribution in [0.2, 0.25) is 0 Å². The zero-order valence-electron chi connectivity index (χ0n) is 25.6. The topological polar surface area (TPSA) is 57.6 Å². The molecule has 2 rings (SSSR count). The number of hydrogen-bond donors (Lipinski definition) is 0. The normalized spacial score (nSPS) is 22.7. The van der Waals surface area contributed by atoms with Crippen LogP contribution in [0.1, 0.15) is 119 Å². The molecule has 2 saturated heterocycles. The van der Waals surface area contributed by atoms with Gasteiger partial charge in [-0.1, -0.05) is 85.5 Å².